The zero-order chi connectivity index (χ0) is 14.5. The molecule has 1 N–H and O–H groups in total. The van der Waals surface area contributed by atoms with Gasteiger partial charge in [-0.3, -0.25) is 4.68 Å². The number of aromatic nitrogens is 2. The van der Waals surface area contributed by atoms with E-state index < -0.39 is 9.84 Å². The summed E-state index contributed by atoms with van der Waals surface area (Å²) in [6.07, 6.45) is 0.624. The van der Waals surface area contributed by atoms with Crippen molar-refractivity contribution in [3.05, 3.63) is 17.0 Å². The molecule has 1 aromatic heterocycles. The van der Waals surface area contributed by atoms with Crippen molar-refractivity contribution in [2.75, 3.05) is 18.1 Å². The van der Waals surface area contributed by atoms with Crippen molar-refractivity contribution in [1.82, 2.24) is 15.1 Å². The molecule has 1 heterocycles. The predicted molar refractivity (Wildman–Crippen MR) is 78.0 cm³/mol. The largest absolute Gasteiger partial charge is 0.313 e. The summed E-state index contributed by atoms with van der Waals surface area (Å²) in [4.78, 5) is 0. The molecule has 0 saturated carbocycles. The van der Waals surface area contributed by atoms with Gasteiger partial charge in [0.1, 0.15) is 9.84 Å². The second-order valence-electron chi connectivity index (χ2n) is 4.74. The highest BCUT2D eigenvalue weighted by molar-refractivity contribution is 7.91. The maximum Gasteiger partial charge on any atom is 0.150 e. The van der Waals surface area contributed by atoms with E-state index in [2.05, 4.69) is 17.3 Å². The van der Waals surface area contributed by atoms with Crippen molar-refractivity contribution in [3.63, 3.8) is 0 Å². The third-order valence-electron chi connectivity index (χ3n) is 3.35. The molecule has 0 bridgehead atoms. The molecule has 1 rings (SSSR count). The van der Waals surface area contributed by atoms with Gasteiger partial charge in [-0.15, -0.1) is 0 Å². The molecule has 19 heavy (non-hydrogen) atoms. The third-order valence-corrected chi connectivity index (χ3v) is 5.14. The van der Waals surface area contributed by atoms with Gasteiger partial charge < -0.3 is 5.32 Å². The minimum atomic E-state index is -2.87. The fraction of sp³-hybridized carbons (Fsp3) is 0.769. The van der Waals surface area contributed by atoms with Crippen LogP contribution in [0.25, 0.3) is 0 Å². The van der Waals surface area contributed by atoms with Crippen molar-refractivity contribution in [2.45, 2.75) is 47.2 Å². The quantitative estimate of drug-likeness (QED) is 0.785. The lowest BCUT2D eigenvalue weighted by molar-refractivity contribution is 0.563. The summed E-state index contributed by atoms with van der Waals surface area (Å²) < 4.78 is 24.8. The Hall–Kier alpha value is -0.880. The standard InChI is InChI=1S/C13H25N3O2S/c1-5-14-10-13-11(3)15-16(12(13)4)8-7-9-19(17,18)6-2/h14H,5-10H2,1-4H3. The minimum Gasteiger partial charge on any atom is -0.313 e. The van der Waals surface area contributed by atoms with Gasteiger partial charge in [-0.1, -0.05) is 13.8 Å². The molecule has 0 aliphatic carbocycles. The zero-order valence-corrected chi connectivity index (χ0v) is 13.2. The second-order valence-corrected chi connectivity index (χ2v) is 7.22. The summed E-state index contributed by atoms with van der Waals surface area (Å²) in [6.45, 7) is 10.2. The van der Waals surface area contributed by atoms with E-state index in [9.17, 15) is 8.42 Å². The summed E-state index contributed by atoms with van der Waals surface area (Å²) in [5, 5.41) is 7.79. The van der Waals surface area contributed by atoms with Crippen LogP contribution in [0.2, 0.25) is 0 Å². The van der Waals surface area contributed by atoms with Gasteiger partial charge in [-0.25, -0.2) is 8.42 Å². The maximum atomic E-state index is 11.4. The molecule has 0 fully saturated rings. The number of hydrogen-bond acceptors (Lipinski definition) is 4. The van der Waals surface area contributed by atoms with Gasteiger partial charge in [0.05, 0.1) is 11.4 Å². The normalized spacial score (nSPS) is 12.0. The van der Waals surface area contributed by atoms with Crippen LogP contribution in [0.1, 0.15) is 37.2 Å². The maximum absolute atomic E-state index is 11.4. The first kappa shape index (κ1) is 16.2. The highest BCUT2D eigenvalue weighted by Gasteiger charge is 2.12. The lowest BCUT2D eigenvalue weighted by Gasteiger charge is -2.06. The van der Waals surface area contributed by atoms with E-state index in [1.165, 1.54) is 5.56 Å². The van der Waals surface area contributed by atoms with Crippen LogP contribution in [-0.4, -0.2) is 36.2 Å². The van der Waals surface area contributed by atoms with E-state index in [1.54, 1.807) is 6.92 Å². The minimum absolute atomic E-state index is 0.218. The number of hydrogen-bond donors (Lipinski definition) is 1. The Morgan fingerprint density at radius 1 is 1.26 bits per heavy atom. The van der Waals surface area contributed by atoms with E-state index in [4.69, 9.17) is 0 Å². The van der Waals surface area contributed by atoms with Crippen molar-refractivity contribution >= 4 is 9.84 Å². The lowest BCUT2D eigenvalue weighted by Crippen LogP contribution is -2.14. The zero-order valence-electron chi connectivity index (χ0n) is 12.4. The number of nitrogens with one attached hydrogen (secondary N) is 1. The van der Waals surface area contributed by atoms with Crippen LogP contribution in [0.15, 0.2) is 0 Å². The molecule has 0 spiro atoms. The molecule has 1 aromatic rings. The molecular formula is C13H25N3O2S. The average Bonchev–Trinajstić information content (AvgIpc) is 2.62. The first-order chi connectivity index (χ1) is 8.91. The Kier molecular flexibility index (Phi) is 6.00. The monoisotopic (exact) mass is 287 g/mol. The van der Waals surface area contributed by atoms with Crippen LogP contribution >= 0.6 is 0 Å². The van der Waals surface area contributed by atoms with Crippen molar-refractivity contribution in [3.8, 4) is 0 Å². The van der Waals surface area contributed by atoms with Crippen molar-refractivity contribution < 1.29 is 8.42 Å². The van der Waals surface area contributed by atoms with E-state index in [0.29, 0.717) is 13.0 Å². The molecule has 0 amide bonds. The van der Waals surface area contributed by atoms with Crippen LogP contribution in [0.4, 0.5) is 0 Å². The highest BCUT2D eigenvalue weighted by Crippen LogP contribution is 2.13. The van der Waals surface area contributed by atoms with E-state index in [-0.39, 0.29) is 11.5 Å². The molecule has 0 aliphatic heterocycles. The summed E-state index contributed by atoms with van der Waals surface area (Å²) in [5.41, 5.74) is 3.38. The average molecular weight is 287 g/mol. The summed E-state index contributed by atoms with van der Waals surface area (Å²) >= 11 is 0. The molecule has 110 valence electrons. The van der Waals surface area contributed by atoms with Gasteiger partial charge >= 0.3 is 0 Å². The van der Waals surface area contributed by atoms with Gasteiger partial charge in [0, 0.05) is 30.1 Å². The van der Waals surface area contributed by atoms with E-state index >= 15 is 0 Å². The van der Waals surface area contributed by atoms with Gasteiger partial charge in [-0.2, -0.15) is 5.10 Å². The number of rotatable bonds is 8. The highest BCUT2D eigenvalue weighted by atomic mass is 32.2. The first-order valence-electron chi connectivity index (χ1n) is 6.85. The Morgan fingerprint density at radius 2 is 1.95 bits per heavy atom. The van der Waals surface area contributed by atoms with Crippen molar-refractivity contribution in [1.29, 1.82) is 0 Å². The molecule has 6 heteroatoms. The number of aryl methyl sites for hydroxylation is 2. The molecule has 5 nitrogen and oxygen atoms in total. The third kappa shape index (κ3) is 4.62. The van der Waals surface area contributed by atoms with Gasteiger partial charge in [0.25, 0.3) is 0 Å². The Morgan fingerprint density at radius 3 is 2.53 bits per heavy atom. The Balaban J connectivity index is 2.65. The smallest absolute Gasteiger partial charge is 0.150 e. The molecule has 0 aliphatic rings. The Labute approximate surface area is 116 Å². The fourth-order valence-corrected chi connectivity index (χ4v) is 2.89. The molecule has 0 radical (unpaired) electrons. The summed E-state index contributed by atoms with van der Waals surface area (Å²) in [6, 6.07) is 0. The Bertz CT molecular complexity index is 506. The number of sulfone groups is 1. The fourth-order valence-electron chi connectivity index (χ4n) is 2.04. The molecular weight excluding hydrogens is 262 g/mol. The molecule has 0 atom stereocenters. The second kappa shape index (κ2) is 7.05. The summed E-state index contributed by atoms with van der Waals surface area (Å²) in [7, 11) is -2.87. The topological polar surface area (TPSA) is 64.0 Å². The molecule has 0 unspecified atom stereocenters. The first-order valence-corrected chi connectivity index (χ1v) is 8.67. The predicted octanol–water partition coefficient (Wildman–Crippen LogP) is 1.43. The van der Waals surface area contributed by atoms with E-state index in [1.807, 2.05) is 18.5 Å². The SMILES string of the molecule is CCNCc1c(C)nn(CCCS(=O)(=O)CC)c1C. The van der Waals surface area contributed by atoms with Crippen LogP contribution in [0.3, 0.4) is 0 Å². The van der Waals surface area contributed by atoms with Crippen LogP contribution in [0.5, 0.6) is 0 Å². The van der Waals surface area contributed by atoms with E-state index in [0.717, 1.165) is 24.5 Å². The molecule has 0 saturated heterocycles. The molecule has 0 aromatic carbocycles. The van der Waals surface area contributed by atoms with Crippen LogP contribution < -0.4 is 5.32 Å². The van der Waals surface area contributed by atoms with Crippen LogP contribution in [-0.2, 0) is 22.9 Å². The van der Waals surface area contributed by atoms with Gasteiger partial charge in [0.2, 0.25) is 0 Å². The number of nitrogens with zero attached hydrogens (tertiary/aromatic N) is 2. The van der Waals surface area contributed by atoms with Crippen LogP contribution in [0, 0.1) is 13.8 Å². The van der Waals surface area contributed by atoms with Gasteiger partial charge in [-0.05, 0) is 26.8 Å². The van der Waals surface area contributed by atoms with Gasteiger partial charge in [0.15, 0.2) is 0 Å². The summed E-state index contributed by atoms with van der Waals surface area (Å²) in [5.74, 6) is 0.459. The van der Waals surface area contributed by atoms with Crippen molar-refractivity contribution in [2.24, 2.45) is 0 Å². The lowest BCUT2D eigenvalue weighted by atomic mass is 10.2.